The van der Waals surface area contributed by atoms with Gasteiger partial charge in [0.25, 0.3) is 0 Å². The van der Waals surface area contributed by atoms with E-state index < -0.39 is 0 Å². The number of aromatic amines is 1. The van der Waals surface area contributed by atoms with Crippen LogP contribution in [0.4, 0.5) is 5.69 Å². The number of nitrogens with one attached hydrogen (secondary N) is 3. The number of nitrogen functional groups attached to an aromatic ring is 1. The van der Waals surface area contributed by atoms with Gasteiger partial charge in [0.05, 0.1) is 12.4 Å². The van der Waals surface area contributed by atoms with Crippen LogP contribution in [0.1, 0.15) is 31.0 Å². The summed E-state index contributed by atoms with van der Waals surface area (Å²) in [6, 6.07) is 6.73. The fourth-order valence-electron chi connectivity index (χ4n) is 3.56. The normalized spacial score (nSPS) is 17.0. The number of H-pyrrole nitrogens is 1. The Morgan fingerprint density at radius 2 is 2.15 bits per heavy atom. The summed E-state index contributed by atoms with van der Waals surface area (Å²) in [5, 5.41) is 8.07. The molecule has 1 fully saturated rings. The lowest BCUT2D eigenvalue weighted by atomic mass is 10.1. The highest BCUT2D eigenvalue weighted by molar-refractivity contribution is 5.86. The van der Waals surface area contributed by atoms with E-state index >= 15 is 0 Å². The Hall–Kier alpha value is -2.60. The number of anilines is 1. The molecule has 0 aliphatic carbocycles. The van der Waals surface area contributed by atoms with Gasteiger partial charge in [0.15, 0.2) is 0 Å². The Morgan fingerprint density at radius 1 is 1.41 bits per heavy atom. The maximum absolute atomic E-state index is 5.99. The van der Waals surface area contributed by atoms with E-state index in [2.05, 4.69) is 65.5 Å². The van der Waals surface area contributed by atoms with Crippen molar-refractivity contribution in [3.63, 3.8) is 0 Å². The number of likely N-dealkylation sites (N-methyl/N-ethyl adjacent to an activating group) is 1. The molecular formula is C21H34N6. The number of likely N-dealkylation sites (tertiary alicyclic amines) is 1. The minimum Gasteiger partial charge on any atom is -0.405 e. The summed E-state index contributed by atoms with van der Waals surface area (Å²) in [6.45, 7) is 12.4. The molecule has 0 spiro atoms. The molecule has 2 aromatic rings. The Bertz CT molecular complexity index is 763. The summed E-state index contributed by atoms with van der Waals surface area (Å²) in [5.74, 6) is 0.893. The van der Waals surface area contributed by atoms with Gasteiger partial charge in [0.1, 0.15) is 0 Å². The van der Waals surface area contributed by atoms with Gasteiger partial charge in [0.2, 0.25) is 0 Å². The highest BCUT2D eigenvalue weighted by Crippen LogP contribution is 2.23. The zero-order valence-corrected chi connectivity index (χ0v) is 16.6. The Kier molecular flexibility index (Phi) is 7.61. The van der Waals surface area contributed by atoms with Crippen LogP contribution < -0.4 is 22.1 Å². The second-order valence-corrected chi connectivity index (χ2v) is 7.11. The Labute approximate surface area is 162 Å². The van der Waals surface area contributed by atoms with Gasteiger partial charge in [-0.1, -0.05) is 20.1 Å². The SMILES string of the molecule is C=C(NCc1cc2cc(N)cc(CC)c2[nH]1)NC1CCCN(C)C1.C=CN. The van der Waals surface area contributed by atoms with Crippen molar-refractivity contribution < 1.29 is 0 Å². The molecule has 6 nitrogen and oxygen atoms in total. The minimum absolute atomic E-state index is 0.484. The first kappa shape index (κ1) is 20.7. The van der Waals surface area contributed by atoms with Crippen molar-refractivity contribution in [1.29, 1.82) is 0 Å². The van der Waals surface area contributed by atoms with E-state index in [0.29, 0.717) is 6.04 Å². The van der Waals surface area contributed by atoms with Crippen molar-refractivity contribution in [2.24, 2.45) is 5.73 Å². The van der Waals surface area contributed by atoms with Crippen LogP contribution in [0.5, 0.6) is 0 Å². The molecule has 7 N–H and O–H groups in total. The van der Waals surface area contributed by atoms with Crippen LogP contribution in [0.2, 0.25) is 0 Å². The third-order valence-electron chi connectivity index (χ3n) is 4.76. The highest BCUT2D eigenvalue weighted by atomic mass is 15.2. The molecule has 1 aliphatic rings. The summed E-state index contributed by atoms with van der Waals surface area (Å²) >= 11 is 0. The number of nitrogens with two attached hydrogens (primary N) is 2. The number of aromatic nitrogens is 1. The van der Waals surface area contributed by atoms with Gasteiger partial charge in [-0.05, 0) is 62.8 Å². The first-order chi connectivity index (χ1) is 13.0. The fourth-order valence-corrected chi connectivity index (χ4v) is 3.56. The number of aryl methyl sites for hydroxylation is 1. The molecule has 0 amide bonds. The lowest BCUT2D eigenvalue weighted by Gasteiger charge is -2.31. The van der Waals surface area contributed by atoms with E-state index in [0.717, 1.165) is 36.7 Å². The van der Waals surface area contributed by atoms with Crippen molar-refractivity contribution >= 4 is 16.6 Å². The van der Waals surface area contributed by atoms with Crippen LogP contribution >= 0.6 is 0 Å². The Morgan fingerprint density at radius 3 is 2.81 bits per heavy atom. The number of fused-ring (bicyclic) bond motifs is 1. The van der Waals surface area contributed by atoms with Crippen LogP contribution in [0.15, 0.2) is 43.4 Å². The summed E-state index contributed by atoms with van der Waals surface area (Å²) < 4.78 is 0. The third kappa shape index (κ3) is 5.96. The van der Waals surface area contributed by atoms with Gasteiger partial charge in [-0.15, -0.1) is 0 Å². The predicted octanol–water partition coefficient (Wildman–Crippen LogP) is 2.65. The van der Waals surface area contributed by atoms with Crippen LogP contribution in [0.25, 0.3) is 10.9 Å². The van der Waals surface area contributed by atoms with Crippen molar-refractivity contribution in [1.82, 2.24) is 20.5 Å². The molecule has 1 atom stereocenters. The highest BCUT2D eigenvalue weighted by Gasteiger charge is 2.17. The monoisotopic (exact) mass is 370 g/mol. The lowest BCUT2D eigenvalue weighted by Crippen LogP contribution is -2.45. The first-order valence-corrected chi connectivity index (χ1v) is 9.57. The van der Waals surface area contributed by atoms with Crippen molar-refractivity contribution in [2.75, 3.05) is 25.9 Å². The maximum atomic E-state index is 5.99. The van der Waals surface area contributed by atoms with Crippen LogP contribution in [-0.4, -0.2) is 36.1 Å². The second kappa shape index (κ2) is 9.92. The molecule has 1 aromatic heterocycles. The number of rotatable bonds is 6. The zero-order chi connectivity index (χ0) is 19.8. The molecule has 1 aromatic carbocycles. The molecular weight excluding hydrogens is 336 g/mol. The summed E-state index contributed by atoms with van der Waals surface area (Å²) in [6.07, 6.45) is 4.67. The maximum Gasteiger partial charge on any atom is 0.0918 e. The van der Waals surface area contributed by atoms with Gasteiger partial charge >= 0.3 is 0 Å². The van der Waals surface area contributed by atoms with Crippen molar-refractivity contribution in [2.45, 2.75) is 38.8 Å². The smallest absolute Gasteiger partial charge is 0.0918 e. The van der Waals surface area contributed by atoms with Crippen molar-refractivity contribution in [3.05, 3.63) is 54.6 Å². The molecule has 1 saturated heterocycles. The van der Waals surface area contributed by atoms with Crippen molar-refractivity contribution in [3.8, 4) is 0 Å². The van der Waals surface area contributed by atoms with Crippen LogP contribution in [0, 0.1) is 0 Å². The van der Waals surface area contributed by atoms with E-state index in [1.807, 2.05) is 6.07 Å². The molecule has 27 heavy (non-hydrogen) atoms. The first-order valence-electron chi connectivity index (χ1n) is 9.57. The molecule has 148 valence electrons. The van der Waals surface area contributed by atoms with E-state index in [-0.39, 0.29) is 0 Å². The molecule has 2 heterocycles. The van der Waals surface area contributed by atoms with Gasteiger partial charge < -0.3 is 32.0 Å². The zero-order valence-electron chi connectivity index (χ0n) is 16.6. The number of benzene rings is 1. The molecule has 0 bridgehead atoms. The predicted molar refractivity (Wildman–Crippen MR) is 116 cm³/mol. The average molecular weight is 371 g/mol. The van der Waals surface area contributed by atoms with E-state index in [1.54, 1.807) is 0 Å². The number of hydrogen-bond acceptors (Lipinski definition) is 5. The number of hydrogen-bond donors (Lipinski definition) is 5. The van der Waals surface area contributed by atoms with Crippen LogP contribution in [-0.2, 0) is 13.0 Å². The standard InChI is InChI=1S/C19H29N5.C2H5N/c1-4-14-8-16(20)9-15-10-18(23-19(14)15)11-21-13(2)22-17-6-5-7-24(3)12-17;1-2-3/h8-10,17,21-23H,2,4-7,11-12,20H2,1,3H3;2H,1,3H2. The Balaban J connectivity index is 0.000000817. The molecule has 0 radical (unpaired) electrons. The summed E-state index contributed by atoms with van der Waals surface area (Å²) in [5.41, 5.74) is 15.0. The molecule has 3 rings (SSSR count). The molecule has 1 unspecified atom stereocenters. The third-order valence-corrected chi connectivity index (χ3v) is 4.76. The average Bonchev–Trinajstić information content (AvgIpc) is 3.02. The van der Waals surface area contributed by atoms with Gasteiger partial charge in [-0.25, -0.2) is 0 Å². The van der Waals surface area contributed by atoms with E-state index in [4.69, 9.17) is 5.73 Å². The minimum atomic E-state index is 0.484. The summed E-state index contributed by atoms with van der Waals surface area (Å²) in [7, 11) is 2.17. The molecule has 1 aliphatic heterocycles. The fraction of sp³-hybridized carbons (Fsp3) is 0.429. The number of nitrogens with zero attached hydrogens (tertiary/aromatic N) is 1. The van der Waals surface area contributed by atoms with Gasteiger partial charge in [-0.3, -0.25) is 0 Å². The van der Waals surface area contributed by atoms with Gasteiger partial charge in [0, 0.05) is 34.9 Å². The topological polar surface area (TPSA) is 95.1 Å². The lowest BCUT2D eigenvalue weighted by molar-refractivity contribution is 0.233. The summed E-state index contributed by atoms with van der Waals surface area (Å²) in [4.78, 5) is 5.88. The van der Waals surface area contributed by atoms with E-state index in [1.165, 1.54) is 42.1 Å². The molecule has 6 heteroatoms. The van der Waals surface area contributed by atoms with Crippen LogP contribution in [0.3, 0.4) is 0 Å². The largest absolute Gasteiger partial charge is 0.405 e. The second-order valence-electron chi connectivity index (χ2n) is 7.11. The molecule has 0 saturated carbocycles. The number of piperidine rings is 1. The quantitative estimate of drug-likeness (QED) is 0.504. The van der Waals surface area contributed by atoms with Gasteiger partial charge in [-0.2, -0.15) is 0 Å². The van der Waals surface area contributed by atoms with E-state index in [9.17, 15) is 0 Å².